The molecule has 0 radical (unpaired) electrons. The van der Waals surface area contributed by atoms with Gasteiger partial charge in [-0.3, -0.25) is 4.79 Å². The van der Waals surface area contributed by atoms with E-state index in [9.17, 15) is 18.7 Å². The summed E-state index contributed by atoms with van der Waals surface area (Å²) in [6, 6.07) is 8.19. The lowest BCUT2D eigenvalue weighted by Gasteiger charge is -2.07. The highest BCUT2D eigenvalue weighted by Crippen LogP contribution is 2.39. The molecule has 2 N–H and O–H groups in total. The molecule has 0 fully saturated rings. The highest BCUT2D eigenvalue weighted by atomic mass is 19.1. The van der Waals surface area contributed by atoms with Crippen LogP contribution >= 0.6 is 0 Å². The second-order valence-electron chi connectivity index (χ2n) is 5.77. The smallest absolute Gasteiger partial charge is 0.277 e. The number of halogens is 2. The number of fused-ring (bicyclic) bond motifs is 1. The Hall–Kier alpha value is -2.96. The number of nitrogens with one attached hydrogen (secondary N) is 1. The molecule has 0 heterocycles. The first-order chi connectivity index (χ1) is 12.0. The van der Waals surface area contributed by atoms with Gasteiger partial charge >= 0.3 is 0 Å². The molecule has 5 nitrogen and oxygen atoms in total. The van der Waals surface area contributed by atoms with E-state index in [0.717, 1.165) is 0 Å². The number of phenolic OH excluding ortho intramolecular Hbond substituents is 1. The molecule has 1 amide bonds. The van der Waals surface area contributed by atoms with Gasteiger partial charge in [-0.15, -0.1) is 0 Å². The van der Waals surface area contributed by atoms with Gasteiger partial charge in [-0.2, -0.15) is 5.10 Å². The van der Waals surface area contributed by atoms with E-state index < -0.39 is 24.1 Å². The standard InChI is InChI=1S/C18H16F2N2O3/c1-10-8-13(18-14(23)7-6-12(20)17(10)18)21-22-16(24)9-25-15-5-3-2-4-11(15)19/h2-7,10,23H,8-9H2,1H3,(H,22,24)/b21-13+/t10-/m1/s1. The first-order valence-electron chi connectivity index (χ1n) is 7.72. The van der Waals surface area contributed by atoms with Gasteiger partial charge in [0.25, 0.3) is 5.91 Å². The summed E-state index contributed by atoms with van der Waals surface area (Å²) in [4.78, 5) is 11.8. The summed E-state index contributed by atoms with van der Waals surface area (Å²) in [7, 11) is 0. The zero-order valence-electron chi connectivity index (χ0n) is 13.4. The van der Waals surface area contributed by atoms with Gasteiger partial charge in [0.05, 0.1) is 5.71 Å². The van der Waals surface area contributed by atoms with Crippen LogP contribution in [0.5, 0.6) is 11.5 Å². The highest BCUT2D eigenvalue weighted by molar-refractivity contribution is 6.07. The summed E-state index contributed by atoms with van der Waals surface area (Å²) in [6.07, 6.45) is 0.387. The maximum Gasteiger partial charge on any atom is 0.277 e. The Morgan fingerprint density at radius 3 is 2.80 bits per heavy atom. The number of rotatable bonds is 4. The van der Waals surface area contributed by atoms with Crippen LogP contribution in [0.2, 0.25) is 0 Å². The van der Waals surface area contributed by atoms with Crippen molar-refractivity contribution in [1.29, 1.82) is 0 Å². The molecule has 0 saturated carbocycles. The molecule has 1 aliphatic carbocycles. The second-order valence-corrected chi connectivity index (χ2v) is 5.77. The highest BCUT2D eigenvalue weighted by Gasteiger charge is 2.30. The summed E-state index contributed by atoms with van der Waals surface area (Å²) in [5.41, 5.74) is 3.37. The van der Waals surface area contributed by atoms with Gasteiger partial charge in [-0.05, 0) is 36.6 Å². The number of hydrogen-bond acceptors (Lipinski definition) is 4. The van der Waals surface area contributed by atoms with E-state index in [2.05, 4.69) is 10.5 Å². The molecule has 1 aliphatic rings. The third-order valence-corrected chi connectivity index (χ3v) is 3.96. The number of amides is 1. The van der Waals surface area contributed by atoms with E-state index in [1.54, 1.807) is 6.07 Å². The third kappa shape index (κ3) is 3.45. The first kappa shape index (κ1) is 16.9. The number of nitrogens with zero attached hydrogens (tertiary/aromatic N) is 1. The van der Waals surface area contributed by atoms with E-state index in [4.69, 9.17) is 4.74 Å². The van der Waals surface area contributed by atoms with Gasteiger partial charge in [-0.25, -0.2) is 14.2 Å². The number of carbonyl (C=O) groups excluding carboxylic acids is 1. The molecule has 0 aliphatic heterocycles. The zero-order valence-corrected chi connectivity index (χ0v) is 13.4. The minimum atomic E-state index is -0.590. The van der Waals surface area contributed by atoms with Crippen LogP contribution in [0.4, 0.5) is 8.78 Å². The predicted octanol–water partition coefficient (Wildman–Crippen LogP) is 3.08. The number of phenols is 1. The van der Waals surface area contributed by atoms with Crippen LogP contribution < -0.4 is 10.2 Å². The molecule has 0 unspecified atom stereocenters. The molecule has 0 bridgehead atoms. The molecule has 2 aromatic carbocycles. The SMILES string of the molecule is C[C@@H]1C/C(=N\NC(=O)COc2ccccc2F)c2c(O)ccc(F)c21. The summed E-state index contributed by atoms with van der Waals surface area (Å²) >= 11 is 0. The Morgan fingerprint density at radius 1 is 1.28 bits per heavy atom. The minimum absolute atomic E-state index is 0.0372. The summed E-state index contributed by atoms with van der Waals surface area (Å²) in [6.45, 7) is 1.39. The molecule has 130 valence electrons. The number of hydrogen-bond donors (Lipinski definition) is 2. The lowest BCUT2D eigenvalue weighted by atomic mass is 10.0. The fourth-order valence-corrected chi connectivity index (χ4v) is 2.83. The van der Waals surface area contributed by atoms with Crippen molar-refractivity contribution in [2.75, 3.05) is 6.61 Å². The second kappa shape index (κ2) is 6.88. The monoisotopic (exact) mass is 346 g/mol. The van der Waals surface area contributed by atoms with Crippen LogP contribution in [0.25, 0.3) is 0 Å². The quantitative estimate of drug-likeness (QED) is 0.836. The molecule has 0 saturated heterocycles. The van der Waals surface area contributed by atoms with Crippen molar-refractivity contribution in [3.05, 3.63) is 59.2 Å². The molecule has 0 aromatic heterocycles. The number of para-hydroxylation sites is 1. The van der Waals surface area contributed by atoms with E-state index in [0.29, 0.717) is 23.3 Å². The summed E-state index contributed by atoms with van der Waals surface area (Å²) < 4.78 is 32.4. The van der Waals surface area contributed by atoms with Crippen molar-refractivity contribution >= 4 is 11.6 Å². The van der Waals surface area contributed by atoms with Crippen LogP contribution in [-0.2, 0) is 4.79 Å². The van der Waals surface area contributed by atoms with Crippen molar-refractivity contribution < 1.29 is 23.4 Å². The topological polar surface area (TPSA) is 70.9 Å². The summed E-state index contributed by atoms with van der Waals surface area (Å²) in [5, 5.41) is 13.9. The minimum Gasteiger partial charge on any atom is -0.507 e. The number of carbonyl (C=O) groups is 1. The van der Waals surface area contributed by atoms with Gasteiger partial charge in [0.2, 0.25) is 0 Å². The molecule has 0 spiro atoms. The Kier molecular flexibility index (Phi) is 4.65. The van der Waals surface area contributed by atoms with Gasteiger partial charge in [0.1, 0.15) is 11.6 Å². The van der Waals surface area contributed by atoms with Gasteiger partial charge in [-0.1, -0.05) is 19.1 Å². The number of hydrazone groups is 1. The van der Waals surface area contributed by atoms with E-state index in [1.807, 2.05) is 6.92 Å². The van der Waals surface area contributed by atoms with Crippen molar-refractivity contribution in [3.63, 3.8) is 0 Å². The van der Waals surface area contributed by atoms with Crippen molar-refractivity contribution in [1.82, 2.24) is 5.43 Å². The molecular weight excluding hydrogens is 330 g/mol. The number of benzene rings is 2. The van der Waals surface area contributed by atoms with E-state index >= 15 is 0 Å². The van der Waals surface area contributed by atoms with Crippen LogP contribution in [-0.4, -0.2) is 23.3 Å². The fourth-order valence-electron chi connectivity index (χ4n) is 2.83. The third-order valence-electron chi connectivity index (χ3n) is 3.96. The van der Waals surface area contributed by atoms with E-state index in [-0.39, 0.29) is 17.4 Å². The summed E-state index contributed by atoms with van der Waals surface area (Å²) in [5.74, 6) is -1.86. The average molecular weight is 346 g/mol. The van der Waals surface area contributed by atoms with Crippen LogP contribution in [0.1, 0.15) is 30.4 Å². The Morgan fingerprint density at radius 2 is 2.04 bits per heavy atom. The number of ether oxygens (including phenoxy) is 1. The Balaban J connectivity index is 1.69. The molecule has 3 rings (SSSR count). The average Bonchev–Trinajstić information content (AvgIpc) is 2.93. The lowest BCUT2D eigenvalue weighted by Crippen LogP contribution is -2.26. The van der Waals surface area contributed by atoms with Gasteiger partial charge < -0.3 is 9.84 Å². The zero-order chi connectivity index (χ0) is 18.0. The first-order valence-corrected chi connectivity index (χ1v) is 7.72. The molecular formula is C18H16F2N2O3. The molecule has 2 aromatic rings. The van der Waals surface area contributed by atoms with Gasteiger partial charge in [0, 0.05) is 11.1 Å². The van der Waals surface area contributed by atoms with Crippen molar-refractivity contribution in [2.24, 2.45) is 5.10 Å². The fraction of sp³-hybridized carbons (Fsp3) is 0.222. The lowest BCUT2D eigenvalue weighted by molar-refractivity contribution is -0.123. The maximum atomic E-state index is 13.9. The maximum absolute atomic E-state index is 13.9. The van der Waals surface area contributed by atoms with Crippen molar-refractivity contribution in [3.8, 4) is 11.5 Å². The van der Waals surface area contributed by atoms with E-state index in [1.165, 1.54) is 30.3 Å². The van der Waals surface area contributed by atoms with Crippen LogP contribution in [0.15, 0.2) is 41.5 Å². The van der Waals surface area contributed by atoms with Crippen LogP contribution in [0, 0.1) is 11.6 Å². The Labute approximate surface area is 142 Å². The normalized spacial score (nSPS) is 17.4. The van der Waals surface area contributed by atoms with Crippen LogP contribution in [0.3, 0.4) is 0 Å². The Bertz CT molecular complexity index is 852. The number of aromatic hydroxyl groups is 1. The largest absolute Gasteiger partial charge is 0.507 e. The molecule has 7 heteroatoms. The van der Waals surface area contributed by atoms with Gasteiger partial charge in [0.15, 0.2) is 18.2 Å². The predicted molar refractivity (Wildman–Crippen MR) is 87.7 cm³/mol. The van der Waals surface area contributed by atoms with Crippen molar-refractivity contribution in [2.45, 2.75) is 19.3 Å². The molecule has 1 atom stereocenters. The molecule has 25 heavy (non-hydrogen) atoms.